The van der Waals surface area contributed by atoms with Crippen LogP contribution in [0.5, 0.6) is 0 Å². The fourth-order valence-electron chi connectivity index (χ4n) is 3.63. The summed E-state index contributed by atoms with van der Waals surface area (Å²) in [5, 5.41) is 6.41. The highest BCUT2D eigenvalue weighted by molar-refractivity contribution is 7.18. The molecule has 0 unspecified atom stereocenters. The summed E-state index contributed by atoms with van der Waals surface area (Å²) in [4.78, 5) is 30.1. The van der Waals surface area contributed by atoms with E-state index in [1.807, 2.05) is 19.1 Å². The van der Waals surface area contributed by atoms with E-state index in [0.717, 1.165) is 38.3 Å². The first kappa shape index (κ1) is 21.1. The van der Waals surface area contributed by atoms with Gasteiger partial charge in [-0.15, -0.1) is 11.3 Å². The van der Waals surface area contributed by atoms with Gasteiger partial charge < -0.3 is 20.0 Å². The fourth-order valence-corrected chi connectivity index (χ4v) is 4.61. The van der Waals surface area contributed by atoms with Crippen LogP contribution in [0.1, 0.15) is 25.8 Å². The van der Waals surface area contributed by atoms with Crippen LogP contribution in [-0.4, -0.2) is 56.0 Å². The average molecular weight is 439 g/mol. The summed E-state index contributed by atoms with van der Waals surface area (Å²) in [7, 11) is 0. The standard InChI is InChI=1S/C23H26N4O3S/c1-17-16-20(25-22(28)19-8-5-15-30-19)31-21(17)23(29)24-9-10-26-11-13-27(14-12-26)18-6-3-2-4-7-18/h2-8,15-16H,9-14H2,1H3,(H,24,29)(H,25,28). The van der Waals surface area contributed by atoms with Gasteiger partial charge in [-0.1, -0.05) is 18.2 Å². The number of thiophene rings is 1. The first-order chi connectivity index (χ1) is 15.1. The molecule has 2 amide bonds. The van der Waals surface area contributed by atoms with Crippen molar-refractivity contribution < 1.29 is 14.0 Å². The summed E-state index contributed by atoms with van der Waals surface area (Å²) < 4.78 is 5.10. The number of carbonyl (C=O) groups excluding carboxylic acids is 2. The van der Waals surface area contributed by atoms with Crippen LogP contribution < -0.4 is 15.5 Å². The molecule has 3 aromatic rings. The van der Waals surface area contributed by atoms with Crippen molar-refractivity contribution in [2.75, 3.05) is 49.5 Å². The zero-order chi connectivity index (χ0) is 21.6. The Labute approximate surface area is 185 Å². The minimum absolute atomic E-state index is 0.107. The van der Waals surface area contributed by atoms with E-state index in [1.54, 1.807) is 12.1 Å². The third-order valence-electron chi connectivity index (χ3n) is 5.31. The minimum Gasteiger partial charge on any atom is -0.459 e. The second kappa shape index (κ2) is 9.80. The van der Waals surface area contributed by atoms with Gasteiger partial charge in [0.2, 0.25) is 0 Å². The summed E-state index contributed by atoms with van der Waals surface area (Å²) in [6.07, 6.45) is 1.45. The lowest BCUT2D eigenvalue weighted by Gasteiger charge is -2.36. The summed E-state index contributed by atoms with van der Waals surface area (Å²) in [6.45, 7) is 7.21. The molecule has 8 heteroatoms. The van der Waals surface area contributed by atoms with Crippen LogP contribution in [0.25, 0.3) is 0 Å². The van der Waals surface area contributed by atoms with Gasteiger partial charge in [0.1, 0.15) is 0 Å². The monoisotopic (exact) mass is 438 g/mol. The Bertz CT molecular complexity index is 1010. The van der Waals surface area contributed by atoms with Gasteiger partial charge in [-0.25, -0.2) is 0 Å². The maximum absolute atomic E-state index is 12.6. The van der Waals surface area contributed by atoms with Gasteiger partial charge in [0.25, 0.3) is 11.8 Å². The van der Waals surface area contributed by atoms with Crippen LogP contribution >= 0.6 is 11.3 Å². The van der Waals surface area contributed by atoms with Crippen molar-refractivity contribution in [1.82, 2.24) is 10.2 Å². The molecule has 0 saturated carbocycles. The molecule has 1 saturated heterocycles. The molecule has 1 fully saturated rings. The number of piperazine rings is 1. The Morgan fingerprint density at radius 1 is 1.03 bits per heavy atom. The Balaban J connectivity index is 1.22. The van der Waals surface area contributed by atoms with E-state index in [2.05, 4.69) is 44.7 Å². The van der Waals surface area contributed by atoms with Gasteiger partial charge in [-0.05, 0) is 42.8 Å². The van der Waals surface area contributed by atoms with Crippen LogP contribution in [0.15, 0.2) is 59.2 Å². The van der Waals surface area contributed by atoms with Gasteiger partial charge in [0, 0.05) is 45.0 Å². The first-order valence-corrected chi connectivity index (χ1v) is 11.2. The molecule has 0 aliphatic carbocycles. The summed E-state index contributed by atoms with van der Waals surface area (Å²) in [5.41, 5.74) is 2.10. The SMILES string of the molecule is Cc1cc(NC(=O)c2ccco2)sc1C(=O)NCCN1CCN(c2ccccc2)CC1. The van der Waals surface area contributed by atoms with Gasteiger partial charge in [-0.3, -0.25) is 14.5 Å². The molecule has 1 aliphatic heterocycles. The fraction of sp³-hybridized carbons (Fsp3) is 0.304. The van der Waals surface area contributed by atoms with E-state index in [4.69, 9.17) is 4.42 Å². The highest BCUT2D eigenvalue weighted by atomic mass is 32.1. The van der Waals surface area contributed by atoms with Crippen LogP contribution in [0.3, 0.4) is 0 Å². The molecule has 0 bridgehead atoms. The zero-order valence-corrected chi connectivity index (χ0v) is 18.3. The molecule has 2 aromatic heterocycles. The molecule has 1 aliphatic rings. The van der Waals surface area contributed by atoms with Crippen molar-refractivity contribution in [3.05, 3.63) is 71.0 Å². The zero-order valence-electron chi connectivity index (χ0n) is 17.5. The Morgan fingerprint density at radius 2 is 1.81 bits per heavy atom. The minimum atomic E-state index is -0.326. The topological polar surface area (TPSA) is 77.8 Å². The maximum Gasteiger partial charge on any atom is 0.291 e. The van der Waals surface area contributed by atoms with E-state index >= 15 is 0 Å². The molecule has 3 heterocycles. The molecule has 4 rings (SSSR count). The second-order valence-electron chi connectivity index (χ2n) is 7.47. The molecule has 1 aromatic carbocycles. The van der Waals surface area contributed by atoms with Gasteiger partial charge in [0.15, 0.2) is 5.76 Å². The smallest absolute Gasteiger partial charge is 0.291 e. The van der Waals surface area contributed by atoms with E-state index in [1.165, 1.54) is 23.3 Å². The second-order valence-corrected chi connectivity index (χ2v) is 8.53. The molecule has 0 spiro atoms. The lowest BCUT2D eigenvalue weighted by Crippen LogP contribution is -2.48. The van der Waals surface area contributed by atoms with Crippen LogP contribution in [0, 0.1) is 6.92 Å². The Hall–Kier alpha value is -3.10. The number of amides is 2. The maximum atomic E-state index is 12.6. The van der Waals surface area contributed by atoms with Gasteiger partial charge in [0.05, 0.1) is 16.1 Å². The molecule has 7 nitrogen and oxygen atoms in total. The van der Waals surface area contributed by atoms with Crippen LogP contribution in [0.4, 0.5) is 10.7 Å². The number of nitrogens with zero attached hydrogens (tertiary/aromatic N) is 2. The number of nitrogens with one attached hydrogen (secondary N) is 2. The lowest BCUT2D eigenvalue weighted by atomic mass is 10.2. The van der Waals surface area contributed by atoms with Crippen LogP contribution in [0.2, 0.25) is 0 Å². The van der Waals surface area contributed by atoms with Crippen molar-refractivity contribution in [2.24, 2.45) is 0 Å². The number of hydrogen-bond donors (Lipinski definition) is 2. The number of furan rings is 1. The molecule has 0 atom stereocenters. The molecule has 162 valence electrons. The number of para-hydroxylation sites is 1. The summed E-state index contributed by atoms with van der Waals surface area (Å²) in [5.74, 6) is -0.193. The predicted octanol–water partition coefficient (Wildman–Crippen LogP) is 3.45. The largest absolute Gasteiger partial charge is 0.459 e. The summed E-state index contributed by atoms with van der Waals surface area (Å²) in [6, 6.07) is 15.5. The van der Waals surface area contributed by atoms with Gasteiger partial charge >= 0.3 is 0 Å². The Morgan fingerprint density at radius 3 is 2.52 bits per heavy atom. The van der Waals surface area contributed by atoms with E-state index in [0.29, 0.717) is 16.4 Å². The molecule has 31 heavy (non-hydrogen) atoms. The van der Waals surface area contributed by atoms with E-state index in [-0.39, 0.29) is 17.6 Å². The van der Waals surface area contributed by atoms with E-state index in [9.17, 15) is 9.59 Å². The van der Waals surface area contributed by atoms with Crippen molar-refractivity contribution in [1.29, 1.82) is 0 Å². The molecule has 0 radical (unpaired) electrons. The third-order valence-corrected chi connectivity index (χ3v) is 6.46. The third kappa shape index (κ3) is 5.34. The van der Waals surface area contributed by atoms with Crippen molar-refractivity contribution >= 4 is 33.8 Å². The predicted molar refractivity (Wildman–Crippen MR) is 123 cm³/mol. The highest BCUT2D eigenvalue weighted by Crippen LogP contribution is 2.27. The van der Waals surface area contributed by atoms with Crippen LogP contribution in [-0.2, 0) is 0 Å². The van der Waals surface area contributed by atoms with Crippen molar-refractivity contribution in [2.45, 2.75) is 6.92 Å². The normalized spacial score (nSPS) is 14.4. The van der Waals surface area contributed by atoms with Gasteiger partial charge in [-0.2, -0.15) is 0 Å². The lowest BCUT2D eigenvalue weighted by molar-refractivity contribution is 0.0950. The number of anilines is 2. The number of benzene rings is 1. The van der Waals surface area contributed by atoms with E-state index < -0.39 is 0 Å². The Kier molecular flexibility index (Phi) is 6.69. The van der Waals surface area contributed by atoms with Crippen molar-refractivity contribution in [3.63, 3.8) is 0 Å². The summed E-state index contributed by atoms with van der Waals surface area (Å²) >= 11 is 1.27. The number of aryl methyl sites for hydroxylation is 1. The molecular weight excluding hydrogens is 412 g/mol. The molecular formula is C23H26N4O3S. The number of hydrogen-bond acceptors (Lipinski definition) is 6. The quantitative estimate of drug-likeness (QED) is 0.591. The number of rotatable bonds is 7. The average Bonchev–Trinajstić information content (AvgIpc) is 3.45. The van der Waals surface area contributed by atoms with Crippen molar-refractivity contribution in [3.8, 4) is 0 Å². The number of carbonyl (C=O) groups is 2. The first-order valence-electron chi connectivity index (χ1n) is 10.4. The molecule has 2 N–H and O–H groups in total. The highest BCUT2D eigenvalue weighted by Gasteiger charge is 2.19.